The topological polar surface area (TPSA) is 60.9 Å². The van der Waals surface area contributed by atoms with E-state index in [1.807, 2.05) is 16.7 Å². The Morgan fingerprint density at radius 3 is 2.43 bits per heavy atom. The van der Waals surface area contributed by atoms with E-state index < -0.39 is 12.0 Å². The first-order valence-electron chi connectivity index (χ1n) is 8.38. The van der Waals surface area contributed by atoms with Gasteiger partial charge in [-0.15, -0.1) is 0 Å². The van der Waals surface area contributed by atoms with Gasteiger partial charge in [0.25, 0.3) is 0 Å². The SMILES string of the molecule is CC(C(=O)N1CCCC1)N1C(C(=O)O)CC2CCCCC21. The van der Waals surface area contributed by atoms with E-state index in [2.05, 4.69) is 0 Å². The predicted octanol–water partition coefficient (Wildman–Crippen LogP) is 1.71. The number of hydrogen-bond donors (Lipinski definition) is 1. The van der Waals surface area contributed by atoms with Gasteiger partial charge < -0.3 is 10.0 Å². The van der Waals surface area contributed by atoms with E-state index in [9.17, 15) is 14.7 Å². The lowest BCUT2D eigenvalue weighted by Gasteiger charge is -2.37. The Kier molecular flexibility index (Phi) is 4.20. The zero-order valence-corrected chi connectivity index (χ0v) is 12.8. The third kappa shape index (κ3) is 2.68. The van der Waals surface area contributed by atoms with Gasteiger partial charge in [-0.2, -0.15) is 0 Å². The standard InChI is InChI=1S/C16H26N2O3/c1-11(15(19)17-8-4-5-9-17)18-13-7-3-2-6-12(13)10-14(18)16(20)21/h11-14H,2-10H2,1H3,(H,20,21). The molecule has 4 atom stereocenters. The van der Waals surface area contributed by atoms with E-state index >= 15 is 0 Å². The number of fused-ring (bicyclic) bond motifs is 1. The molecule has 1 saturated carbocycles. The van der Waals surface area contributed by atoms with E-state index in [0.717, 1.165) is 51.6 Å². The van der Waals surface area contributed by atoms with Crippen LogP contribution in [0.3, 0.4) is 0 Å². The second-order valence-corrected chi connectivity index (χ2v) is 6.86. The van der Waals surface area contributed by atoms with Crippen LogP contribution in [0.4, 0.5) is 0 Å². The van der Waals surface area contributed by atoms with Crippen LogP contribution in [0.15, 0.2) is 0 Å². The largest absolute Gasteiger partial charge is 0.480 e. The summed E-state index contributed by atoms with van der Waals surface area (Å²) in [4.78, 5) is 28.3. The fourth-order valence-electron chi connectivity index (χ4n) is 4.61. The Morgan fingerprint density at radius 1 is 1.10 bits per heavy atom. The molecule has 118 valence electrons. The van der Waals surface area contributed by atoms with E-state index in [4.69, 9.17) is 0 Å². The monoisotopic (exact) mass is 294 g/mol. The summed E-state index contributed by atoms with van der Waals surface area (Å²) in [7, 11) is 0. The van der Waals surface area contributed by atoms with Gasteiger partial charge in [0.1, 0.15) is 6.04 Å². The predicted molar refractivity (Wildman–Crippen MR) is 78.9 cm³/mol. The Balaban J connectivity index is 1.78. The molecule has 0 aromatic heterocycles. The fraction of sp³-hybridized carbons (Fsp3) is 0.875. The maximum absolute atomic E-state index is 12.7. The van der Waals surface area contributed by atoms with Crippen molar-refractivity contribution in [2.75, 3.05) is 13.1 Å². The summed E-state index contributed by atoms with van der Waals surface area (Å²) in [6.45, 7) is 3.58. The molecule has 0 bridgehead atoms. The molecule has 1 aliphatic carbocycles. The summed E-state index contributed by atoms with van der Waals surface area (Å²) in [6, 6.07) is -0.474. The molecule has 2 heterocycles. The van der Waals surface area contributed by atoms with Crippen LogP contribution in [-0.4, -0.2) is 58.0 Å². The number of carboxylic acids is 1. The Labute approximate surface area is 126 Å². The summed E-state index contributed by atoms with van der Waals surface area (Å²) in [5.74, 6) is -0.163. The summed E-state index contributed by atoms with van der Waals surface area (Å²) in [5.41, 5.74) is 0. The molecule has 0 aromatic rings. The van der Waals surface area contributed by atoms with Crippen LogP contribution >= 0.6 is 0 Å². The van der Waals surface area contributed by atoms with Gasteiger partial charge in [-0.05, 0) is 44.9 Å². The van der Waals surface area contributed by atoms with Crippen molar-refractivity contribution in [1.29, 1.82) is 0 Å². The van der Waals surface area contributed by atoms with Crippen molar-refractivity contribution >= 4 is 11.9 Å². The molecule has 3 fully saturated rings. The maximum atomic E-state index is 12.7. The molecular formula is C16H26N2O3. The molecule has 0 spiro atoms. The third-order valence-electron chi connectivity index (χ3n) is 5.65. The second kappa shape index (κ2) is 5.95. The number of aliphatic carboxylic acids is 1. The lowest BCUT2D eigenvalue weighted by atomic mass is 9.84. The summed E-state index contributed by atoms with van der Waals surface area (Å²) in [5, 5.41) is 9.56. The van der Waals surface area contributed by atoms with Gasteiger partial charge in [-0.25, -0.2) is 0 Å². The van der Waals surface area contributed by atoms with Crippen molar-refractivity contribution in [2.45, 2.75) is 70.0 Å². The Bertz CT molecular complexity index is 420. The lowest BCUT2D eigenvalue weighted by Crippen LogP contribution is -2.53. The third-order valence-corrected chi connectivity index (χ3v) is 5.65. The first kappa shape index (κ1) is 14.8. The number of rotatable bonds is 3. The zero-order chi connectivity index (χ0) is 15.0. The average Bonchev–Trinajstić information content (AvgIpc) is 3.12. The number of amides is 1. The summed E-state index contributed by atoms with van der Waals surface area (Å²) >= 11 is 0. The highest BCUT2D eigenvalue weighted by Gasteiger charge is 2.49. The van der Waals surface area contributed by atoms with E-state index in [1.165, 1.54) is 6.42 Å². The Morgan fingerprint density at radius 2 is 1.76 bits per heavy atom. The molecule has 1 amide bonds. The van der Waals surface area contributed by atoms with Gasteiger partial charge in [0.15, 0.2) is 0 Å². The van der Waals surface area contributed by atoms with Crippen LogP contribution in [0, 0.1) is 5.92 Å². The van der Waals surface area contributed by atoms with Crippen molar-refractivity contribution < 1.29 is 14.7 Å². The number of carbonyl (C=O) groups excluding carboxylic acids is 1. The minimum atomic E-state index is -0.759. The molecule has 2 saturated heterocycles. The van der Waals surface area contributed by atoms with Crippen LogP contribution in [0.2, 0.25) is 0 Å². The number of carboxylic acid groups (broad SMARTS) is 1. The Hall–Kier alpha value is -1.10. The summed E-state index contributed by atoms with van der Waals surface area (Å²) < 4.78 is 0. The van der Waals surface area contributed by atoms with Crippen LogP contribution in [-0.2, 0) is 9.59 Å². The van der Waals surface area contributed by atoms with Gasteiger partial charge in [0, 0.05) is 19.1 Å². The van der Waals surface area contributed by atoms with Gasteiger partial charge in [-0.3, -0.25) is 14.5 Å². The molecule has 3 aliphatic rings. The number of hydrogen-bond acceptors (Lipinski definition) is 3. The molecule has 5 nitrogen and oxygen atoms in total. The highest BCUT2D eigenvalue weighted by Crippen LogP contribution is 2.41. The number of nitrogens with zero attached hydrogens (tertiary/aromatic N) is 2. The molecule has 1 N–H and O–H groups in total. The minimum Gasteiger partial charge on any atom is -0.480 e. The molecule has 21 heavy (non-hydrogen) atoms. The number of carbonyl (C=O) groups is 2. The van der Waals surface area contributed by atoms with Crippen molar-refractivity contribution in [3.8, 4) is 0 Å². The second-order valence-electron chi connectivity index (χ2n) is 6.86. The van der Waals surface area contributed by atoms with E-state index in [1.54, 1.807) is 0 Å². The highest BCUT2D eigenvalue weighted by atomic mass is 16.4. The first-order chi connectivity index (χ1) is 10.1. The van der Waals surface area contributed by atoms with Crippen molar-refractivity contribution in [3.05, 3.63) is 0 Å². The van der Waals surface area contributed by atoms with Crippen LogP contribution in [0.25, 0.3) is 0 Å². The van der Waals surface area contributed by atoms with Gasteiger partial charge in [0.05, 0.1) is 6.04 Å². The van der Waals surface area contributed by atoms with Crippen LogP contribution in [0.5, 0.6) is 0 Å². The average molecular weight is 294 g/mol. The van der Waals surface area contributed by atoms with E-state index in [-0.39, 0.29) is 11.9 Å². The van der Waals surface area contributed by atoms with Crippen molar-refractivity contribution in [3.63, 3.8) is 0 Å². The summed E-state index contributed by atoms with van der Waals surface area (Å²) in [6.07, 6.45) is 7.41. The van der Waals surface area contributed by atoms with Gasteiger partial charge in [-0.1, -0.05) is 12.8 Å². The minimum absolute atomic E-state index is 0.130. The van der Waals surface area contributed by atoms with Crippen molar-refractivity contribution in [2.24, 2.45) is 5.92 Å². The molecule has 0 aromatic carbocycles. The van der Waals surface area contributed by atoms with Gasteiger partial charge >= 0.3 is 5.97 Å². The van der Waals surface area contributed by atoms with E-state index in [0.29, 0.717) is 12.0 Å². The first-order valence-corrected chi connectivity index (χ1v) is 8.38. The lowest BCUT2D eigenvalue weighted by molar-refractivity contribution is -0.146. The van der Waals surface area contributed by atoms with Crippen molar-refractivity contribution in [1.82, 2.24) is 9.80 Å². The molecule has 4 unspecified atom stereocenters. The normalized spacial score (nSPS) is 34.7. The van der Waals surface area contributed by atoms with Crippen LogP contribution in [0.1, 0.15) is 51.9 Å². The van der Waals surface area contributed by atoms with Gasteiger partial charge in [0.2, 0.25) is 5.91 Å². The van der Waals surface area contributed by atoms with Crippen LogP contribution < -0.4 is 0 Å². The molecular weight excluding hydrogens is 268 g/mol. The quantitative estimate of drug-likeness (QED) is 0.861. The zero-order valence-electron chi connectivity index (χ0n) is 12.8. The smallest absolute Gasteiger partial charge is 0.320 e. The maximum Gasteiger partial charge on any atom is 0.320 e. The number of likely N-dealkylation sites (tertiary alicyclic amines) is 2. The molecule has 0 radical (unpaired) electrons. The molecule has 2 aliphatic heterocycles. The molecule has 5 heteroatoms. The fourth-order valence-corrected chi connectivity index (χ4v) is 4.61. The molecule has 3 rings (SSSR count). The highest BCUT2D eigenvalue weighted by molar-refractivity contribution is 5.83.